The molecule has 7 nitrogen and oxygen atoms in total. The van der Waals surface area contributed by atoms with Crippen molar-refractivity contribution in [2.24, 2.45) is 5.92 Å². The molecule has 1 heterocycles. The van der Waals surface area contributed by atoms with Crippen molar-refractivity contribution in [1.29, 1.82) is 0 Å². The second kappa shape index (κ2) is 9.29. The Balaban J connectivity index is 2.78. The van der Waals surface area contributed by atoms with Crippen LogP contribution < -0.4 is 0 Å². The highest BCUT2D eigenvalue weighted by atomic mass is 16.5. The summed E-state index contributed by atoms with van der Waals surface area (Å²) in [5.74, 6) is -1.13. The van der Waals surface area contributed by atoms with Crippen LogP contribution in [0.2, 0.25) is 0 Å². The van der Waals surface area contributed by atoms with Crippen molar-refractivity contribution < 1.29 is 24.0 Å². The third-order valence-electron chi connectivity index (χ3n) is 3.44. The molecule has 0 aromatic carbocycles. The number of hydrogen-bond acceptors (Lipinski definition) is 5. The van der Waals surface area contributed by atoms with Crippen molar-refractivity contribution in [2.75, 3.05) is 26.3 Å². The Kier molecular flexibility index (Phi) is 7.74. The molecule has 1 N–H and O–H groups in total. The van der Waals surface area contributed by atoms with E-state index >= 15 is 0 Å². The van der Waals surface area contributed by atoms with E-state index in [-0.39, 0.29) is 24.1 Å². The summed E-state index contributed by atoms with van der Waals surface area (Å²) in [6.45, 7) is 9.05. The van der Waals surface area contributed by atoms with Crippen LogP contribution in [0, 0.1) is 5.92 Å². The zero-order valence-electron chi connectivity index (χ0n) is 14.2. The van der Waals surface area contributed by atoms with Crippen LogP contribution >= 0.6 is 0 Å². The number of aliphatic carboxylic acids is 1. The predicted octanol–water partition coefficient (Wildman–Crippen LogP) is 2.39. The molecule has 1 rings (SSSR count). The lowest BCUT2D eigenvalue weighted by Crippen LogP contribution is -2.38. The van der Waals surface area contributed by atoms with E-state index in [1.54, 1.807) is 13.0 Å². The maximum Gasteiger partial charge on any atom is 0.308 e. The normalized spacial score (nSPS) is 12.4. The van der Waals surface area contributed by atoms with Crippen LogP contribution in [0.1, 0.15) is 56.3 Å². The molecule has 0 saturated carbocycles. The molecule has 0 radical (unpaired) electrons. The van der Waals surface area contributed by atoms with E-state index in [1.165, 1.54) is 4.90 Å². The largest absolute Gasteiger partial charge is 0.481 e. The van der Waals surface area contributed by atoms with Gasteiger partial charge in [0.2, 0.25) is 0 Å². The minimum atomic E-state index is -0.935. The van der Waals surface area contributed by atoms with Gasteiger partial charge in [0.05, 0.1) is 5.92 Å². The molecule has 0 bridgehead atoms. The Labute approximate surface area is 136 Å². The van der Waals surface area contributed by atoms with Gasteiger partial charge in [-0.1, -0.05) is 25.9 Å². The molecule has 7 heteroatoms. The molecule has 0 fully saturated rings. The van der Waals surface area contributed by atoms with Gasteiger partial charge >= 0.3 is 5.97 Å². The lowest BCUT2D eigenvalue weighted by molar-refractivity contribution is -0.141. The first-order valence-corrected chi connectivity index (χ1v) is 7.93. The molecule has 1 aromatic heterocycles. The molecule has 1 amide bonds. The van der Waals surface area contributed by atoms with E-state index in [0.29, 0.717) is 31.9 Å². The van der Waals surface area contributed by atoms with Crippen molar-refractivity contribution in [2.45, 2.75) is 40.0 Å². The number of rotatable bonds is 10. The van der Waals surface area contributed by atoms with Gasteiger partial charge in [0.1, 0.15) is 5.76 Å². The van der Waals surface area contributed by atoms with Crippen LogP contribution in [0.4, 0.5) is 0 Å². The van der Waals surface area contributed by atoms with Crippen molar-refractivity contribution in [3.05, 3.63) is 17.5 Å². The van der Waals surface area contributed by atoms with Gasteiger partial charge in [-0.3, -0.25) is 9.59 Å². The topological polar surface area (TPSA) is 92.9 Å². The summed E-state index contributed by atoms with van der Waals surface area (Å²) in [5, 5.41) is 12.9. The maximum absolute atomic E-state index is 12.6. The number of carbonyl (C=O) groups excluding carboxylic acids is 1. The van der Waals surface area contributed by atoms with E-state index in [2.05, 4.69) is 5.16 Å². The average molecular weight is 326 g/mol. The molecule has 130 valence electrons. The fraction of sp³-hybridized carbons (Fsp3) is 0.688. The molecule has 0 aliphatic heterocycles. The minimum Gasteiger partial charge on any atom is -0.481 e. The Bertz CT molecular complexity index is 512. The number of amides is 1. The van der Waals surface area contributed by atoms with E-state index in [4.69, 9.17) is 14.4 Å². The summed E-state index contributed by atoms with van der Waals surface area (Å²) < 4.78 is 10.4. The van der Waals surface area contributed by atoms with Gasteiger partial charge in [-0.2, -0.15) is 0 Å². The first kappa shape index (κ1) is 19.2. The lowest BCUT2D eigenvalue weighted by Gasteiger charge is -2.23. The maximum atomic E-state index is 12.6. The van der Waals surface area contributed by atoms with Gasteiger partial charge in [0.25, 0.3) is 5.91 Å². The van der Waals surface area contributed by atoms with Gasteiger partial charge in [-0.05, 0) is 13.3 Å². The van der Waals surface area contributed by atoms with Crippen LogP contribution in [-0.2, 0) is 9.53 Å². The van der Waals surface area contributed by atoms with Crippen LogP contribution in [0.25, 0.3) is 0 Å². The number of aromatic nitrogens is 1. The van der Waals surface area contributed by atoms with E-state index in [1.807, 2.05) is 20.8 Å². The molecule has 1 aromatic rings. The Morgan fingerprint density at radius 3 is 2.61 bits per heavy atom. The van der Waals surface area contributed by atoms with Gasteiger partial charge in [0.15, 0.2) is 5.69 Å². The second-order valence-corrected chi connectivity index (χ2v) is 5.81. The molecule has 0 saturated heterocycles. The highest BCUT2D eigenvalue weighted by Gasteiger charge is 2.24. The quantitative estimate of drug-likeness (QED) is 0.664. The molecule has 0 spiro atoms. The summed E-state index contributed by atoms with van der Waals surface area (Å²) in [4.78, 5) is 25.1. The highest BCUT2D eigenvalue weighted by Crippen LogP contribution is 2.17. The molecule has 0 aliphatic rings. The smallest absolute Gasteiger partial charge is 0.308 e. The predicted molar refractivity (Wildman–Crippen MR) is 84.4 cm³/mol. The first-order valence-electron chi connectivity index (χ1n) is 7.93. The van der Waals surface area contributed by atoms with Gasteiger partial charge < -0.3 is 19.3 Å². The fourth-order valence-corrected chi connectivity index (χ4v) is 2.01. The minimum absolute atomic E-state index is 0.129. The third kappa shape index (κ3) is 6.02. The Hall–Kier alpha value is -1.89. The van der Waals surface area contributed by atoms with E-state index in [9.17, 15) is 9.59 Å². The molecule has 0 aliphatic carbocycles. The average Bonchev–Trinajstić information content (AvgIpc) is 2.99. The number of carboxylic acids is 1. The molecular weight excluding hydrogens is 300 g/mol. The fourth-order valence-electron chi connectivity index (χ4n) is 2.01. The van der Waals surface area contributed by atoms with E-state index < -0.39 is 11.9 Å². The van der Waals surface area contributed by atoms with Gasteiger partial charge in [0, 0.05) is 38.3 Å². The summed E-state index contributed by atoms with van der Waals surface area (Å²) in [6.07, 6.45) is 0.640. The van der Waals surface area contributed by atoms with Crippen molar-refractivity contribution in [3.63, 3.8) is 0 Å². The lowest BCUT2D eigenvalue weighted by atomic mass is 10.1. The summed E-state index contributed by atoms with van der Waals surface area (Å²) in [6, 6.07) is 1.62. The number of ether oxygens (including phenoxy) is 1. The van der Waals surface area contributed by atoms with Crippen LogP contribution in [0.5, 0.6) is 0 Å². The summed E-state index contributed by atoms with van der Waals surface area (Å²) in [7, 11) is 0. The van der Waals surface area contributed by atoms with Crippen molar-refractivity contribution >= 4 is 11.9 Å². The van der Waals surface area contributed by atoms with Crippen molar-refractivity contribution in [3.8, 4) is 0 Å². The second-order valence-electron chi connectivity index (χ2n) is 5.81. The number of carboxylic acid groups (broad SMARTS) is 1. The Morgan fingerprint density at radius 1 is 1.39 bits per heavy atom. The molecule has 1 atom stereocenters. The molecular formula is C16H26N2O5. The van der Waals surface area contributed by atoms with E-state index in [0.717, 1.165) is 0 Å². The SMILES string of the molecule is CCOCCCN(CC(C)C(=O)O)C(=O)c1cc(C(C)C)on1. The summed E-state index contributed by atoms with van der Waals surface area (Å²) in [5.41, 5.74) is 0.211. The standard InChI is InChI=1S/C16H26N2O5/c1-5-22-8-6-7-18(10-12(4)16(20)21)15(19)13-9-14(11(2)3)23-17-13/h9,11-12H,5-8,10H2,1-4H3,(H,20,21). The summed E-state index contributed by atoms with van der Waals surface area (Å²) >= 11 is 0. The number of hydrogen-bond donors (Lipinski definition) is 1. The zero-order valence-corrected chi connectivity index (χ0v) is 14.2. The van der Waals surface area contributed by atoms with Gasteiger partial charge in [-0.15, -0.1) is 0 Å². The zero-order chi connectivity index (χ0) is 17.4. The van der Waals surface area contributed by atoms with Gasteiger partial charge in [-0.25, -0.2) is 0 Å². The van der Waals surface area contributed by atoms with Crippen molar-refractivity contribution in [1.82, 2.24) is 10.1 Å². The molecule has 1 unspecified atom stereocenters. The number of carbonyl (C=O) groups is 2. The van der Waals surface area contributed by atoms with Crippen LogP contribution in [0.15, 0.2) is 10.6 Å². The highest BCUT2D eigenvalue weighted by molar-refractivity contribution is 5.92. The first-order chi connectivity index (χ1) is 10.9. The van der Waals surface area contributed by atoms with Crippen LogP contribution in [-0.4, -0.2) is 53.3 Å². The molecule has 23 heavy (non-hydrogen) atoms. The monoisotopic (exact) mass is 326 g/mol. The third-order valence-corrected chi connectivity index (χ3v) is 3.44. The number of nitrogens with zero attached hydrogens (tertiary/aromatic N) is 2. The van der Waals surface area contributed by atoms with Crippen LogP contribution in [0.3, 0.4) is 0 Å². The Morgan fingerprint density at radius 2 is 2.09 bits per heavy atom.